The summed E-state index contributed by atoms with van der Waals surface area (Å²) in [7, 11) is 0. The summed E-state index contributed by atoms with van der Waals surface area (Å²) < 4.78 is 26.0. The molecule has 0 atom stereocenters. The van der Waals surface area contributed by atoms with Crippen LogP contribution < -0.4 is 5.32 Å². The van der Waals surface area contributed by atoms with Crippen molar-refractivity contribution in [2.75, 3.05) is 5.32 Å². The molecular weight excluding hydrogens is 260 g/mol. The summed E-state index contributed by atoms with van der Waals surface area (Å²) in [4.78, 5) is 0. The SMILES string of the molecule is Oc1ccc(NCc2ccc(F)c(Cl)c2)cc1F. The Morgan fingerprint density at radius 3 is 2.50 bits per heavy atom. The van der Waals surface area contributed by atoms with Crippen molar-refractivity contribution in [1.82, 2.24) is 0 Å². The van der Waals surface area contributed by atoms with Crippen LogP contribution in [0.1, 0.15) is 5.56 Å². The topological polar surface area (TPSA) is 32.3 Å². The highest BCUT2D eigenvalue weighted by atomic mass is 35.5. The van der Waals surface area contributed by atoms with E-state index in [2.05, 4.69) is 5.32 Å². The normalized spacial score (nSPS) is 10.4. The molecule has 0 amide bonds. The fourth-order valence-corrected chi connectivity index (χ4v) is 1.67. The number of nitrogens with one attached hydrogen (secondary N) is 1. The lowest BCUT2D eigenvalue weighted by Crippen LogP contribution is -2.00. The first-order valence-corrected chi connectivity index (χ1v) is 5.60. The molecule has 0 spiro atoms. The van der Waals surface area contributed by atoms with Crippen LogP contribution in [0.2, 0.25) is 5.02 Å². The summed E-state index contributed by atoms with van der Waals surface area (Å²) in [5.74, 6) is -1.57. The number of benzene rings is 2. The number of hydrogen-bond donors (Lipinski definition) is 2. The summed E-state index contributed by atoms with van der Waals surface area (Å²) in [6, 6.07) is 8.35. The lowest BCUT2D eigenvalue weighted by molar-refractivity contribution is 0.432. The number of aromatic hydroxyl groups is 1. The van der Waals surface area contributed by atoms with Crippen molar-refractivity contribution >= 4 is 17.3 Å². The van der Waals surface area contributed by atoms with E-state index in [9.17, 15) is 8.78 Å². The van der Waals surface area contributed by atoms with Crippen LogP contribution in [-0.4, -0.2) is 5.11 Å². The Bertz CT molecular complexity index is 523. The molecule has 0 aliphatic rings. The third-order valence-electron chi connectivity index (χ3n) is 2.43. The highest BCUT2D eigenvalue weighted by Gasteiger charge is 2.03. The van der Waals surface area contributed by atoms with E-state index in [0.29, 0.717) is 12.2 Å². The van der Waals surface area contributed by atoms with Gasteiger partial charge < -0.3 is 10.4 Å². The van der Waals surface area contributed by atoms with Gasteiger partial charge >= 0.3 is 0 Å². The summed E-state index contributed by atoms with van der Waals surface area (Å²) >= 11 is 5.65. The average Bonchev–Trinajstić information content (AvgIpc) is 2.35. The maximum absolute atomic E-state index is 13.1. The smallest absolute Gasteiger partial charge is 0.166 e. The van der Waals surface area contributed by atoms with Gasteiger partial charge in [0.05, 0.1) is 5.02 Å². The van der Waals surface area contributed by atoms with Crippen LogP contribution in [0.25, 0.3) is 0 Å². The second-order valence-electron chi connectivity index (χ2n) is 3.77. The molecule has 2 aromatic carbocycles. The van der Waals surface area contributed by atoms with Gasteiger partial charge in [0.25, 0.3) is 0 Å². The average molecular weight is 270 g/mol. The fourth-order valence-electron chi connectivity index (χ4n) is 1.47. The number of anilines is 1. The van der Waals surface area contributed by atoms with Crippen LogP contribution in [-0.2, 0) is 6.54 Å². The third-order valence-corrected chi connectivity index (χ3v) is 2.72. The van der Waals surface area contributed by atoms with Crippen molar-refractivity contribution in [3.05, 3.63) is 58.6 Å². The molecule has 2 rings (SSSR count). The molecule has 5 heteroatoms. The monoisotopic (exact) mass is 269 g/mol. The highest BCUT2D eigenvalue weighted by molar-refractivity contribution is 6.30. The van der Waals surface area contributed by atoms with Crippen LogP contribution in [0.15, 0.2) is 36.4 Å². The molecule has 0 radical (unpaired) electrons. The molecule has 2 aromatic rings. The lowest BCUT2D eigenvalue weighted by atomic mass is 10.2. The Balaban J connectivity index is 2.06. The zero-order valence-electron chi connectivity index (χ0n) is 9.25. The van der Waals surface area contributed by atoms with Gasteiger partial charge in [-0.25, -0.2) is 8.78 Å². The third kappa shape index (κ3) is 2.90. The van der Waals surface area contributed by atoms with Crippen LogP contribution in [0.3, 0.4) is 0 Å². The molecule has 0 aliphatic heterocycles. The molecule has 2 N–H and O–H groups in total. The molecule has 0 aliphatic carbocycles. The van der Waals surface area contributed by atoms with Crippen LogP contribution >= 0.6 is 11.6 Å². The fraction of sp³-hybridized carbons (Fsp3) is 0.0769. The van der Waals surface area contributed by atoms with Crippen molar-refractivity contribution < 1.29 is 13.9 Å². The maximum Gasteiger partial charge on any atom is 0.166 e. The summed E-state index contributed by atoms with van der Waals surface area (Å²) in [5.41, 5.74) is 1.29. The number of hydrogen-bond acceptors (Lipinski definition) is 2. The van der Waals surface area contributed by atoms with Gasteiger partial charge in [-0.2, -0.15) is 0 Å². The van der Waals surface area contributed by atoms with Gasteiger partial charge in [-0.15, -0.1) is 0 Å². The molecular formula is C13H10ClF2NO. The Labute approximate surface area is 108 Å². The molecule has 0 aromatic heterocycles. The Morgan fingerprint density at radius 2 is 1.83 bits per heavy atom. The zero-order valence-corrected chi connectivity index (χ0v) is 10.0. The summed E-state index contributed by atoms with van der Waals surface area (Å²) in [6.45, 7) is 0.379. The second kappa shape index (κ2) is 5.23. The molecule has 2 nitrogen and oxygen atoms in total. The van der Waals surface area contributed by atoms with Gasteiger partial charge in [-0.05, 0) is 29.8 Å². The number of phenols is 1. The van der Waals surface area contributed by atoms with E-state index in [-0.39, 0.29) is 5.02 Å². The maximum atomic E-state index is 13.1. The molecule has 0 saturated carbocycles. The summed E-state index contributed by atoms with van der Waals surface area (Å²) in [6.07, 6.45) is 0. The van der Waals surface area contributed by atoms with Crippen molar-refractivity contribution in [3.8, 4) is 5.75 Å². The highest BCUT2D eigenvalue weighted by Crippen LogP contribution is 2.21. The van der Waals surface area contributed by atoms with E-state index in [1.54, 1.807) is 12.1 Å². The molecule has 0 unspecified atom stereocenters. The van der Waals surface area contributed by atoms with Gasteiger partial charge in [0.15, 0.2) is 11.6 Å². The minimum Gasteiger partial charge on any atom is -0.505 e. The number of rotatable bonds is 3. The van der Waals surface area contributed by atoms with Gasteiger partial charge in [0.1, 0.15) is 5.82 Å². The Hall–Kier alpha value is -1.81. The van der Waals surface area contributed by atoms with E-state index < -0.39 is 17.4 Å². The molecule has 0 saturated heterocycles. The molecule has 0 heterocycles. The molecule has 18 heavy (non-hydrogen) atoms. The van der Waals surface area contributed by atoms with Gasteiger partial charge in [-0.1, -0.05) is 17.7 Å². The van der Waals surface area contributed by atoms with E-state index in [1.165, 1.54) is 24.3 Å². The van der Waals surface area contributed by atoms with Crippen molar-refractivity contribution in [2.45, 2.75) is 6.54 Å². The Morgan fingerprint density at radius 1 is 1.06 bits per heavy atom. The van der Waals surface area contributed by atoms with Crippen LogP contribution in [0, 0.1) is 11.6 Å². The summed E-state index contributed by atoms with van der Waals surface area (Å²) in [5, 5.41) is 12.0. The van der Waals surface area contributed by atoms with Gasteiger partial charge in [0, 0.05) is 18.3 Å². The quantitative estimate of drug-likeness (QED) is 0.828. The lowest BCUT2D eigenvalue weighted by Gasteiger charge is -2.07. The molecule has 94 valence electrons. The van der Waals surface area contributed by atoms with Crippen LogP contribution in [0.5, 0.6) is 5.75 Å². The standard InChI is InChI=1S/C13H10ClF2NO/c14-10-5-8(1-3-11(10)15)7-17-9-2-4-13(18)12(16)6-9/h1-6,17-18H,7H2. The first-order chi connectivity index (χ1) is 8.56. The molecule has 0 bridgehead atoms. The largest absolute Gasteiger partial charge is 0.505 e. The number of phenolic OH excluding ortho intramolecular Hbond substituents is 1. The first kappa shape index (κ1) is 12.6. The van der Waals surface area contributed by atoms with E-state index in [0.717, 1.165) is 5.56 Å². The van der Waals surface area contributed by atoms with Gasteiger partial charge in [0.2, 0.25) is 0 Å². The first-order valence-electron chi connectivity index (χ1n) is 5.22. The predicted molar refractivity (Wildman–Crippen MR) is 66.8 cm³/mol. The van der Waals surface area contributed by atoms with Crippen molar-refractivity contribution in [1.29, 1.82) is 0 Å². The Kier molecular flexibility index (Phi) is 3.67. The van der Waals surface area contributed by atoms with Crippen molar-refractivity contribution in [2.24, 2.45) is 0 Å². The predicted octanol–water partition coefficient (Wildman–Crippen LogP) is 3.94. The molecule has 0 fully saturated rings. The zero-order chi connectivity index (χ0) is 13.1. The van der Waals surface area contributed by atoms with Crippen molar-refractivity contribution in [3.63, 3.8) is 0 Å². The van der Waals surface area contributed by atoms with Gasteiger partial charge in [-0.3, -0.25) is 0 Å². The van der Waals surface area contributed by atoms with Crippen LogP contribution in [0.4, 0.5) is 14.5 Å². The van der Waals surface area contributed by atoms with E-state index in [1.807, 2.05) is 0 Å². The second-order valence-corrected chi connectivity index (χ2v) is 4.18. The van der Waals surface area contributed by atoms with E-state index >= 15 is 0 Å². The minimum atomic E-state index is -0.697. The van der Waals surface area contributed by atoms with E-state index in [4.69, 9.17) is 16.7 Å². The minimum absolute atomic E-state index is 0.0474. The number of halogens is 3.